The van der Waals surface area contributed by atoms with Crippen LogP contribution in [0.3, 0.4) is 0 Å². The Labute approximate surface area is 158 Å². The minimum atomic E-state index is -0.375. The second-order valence-corrected chi connectivity index (χ2v) is 6.09. The second-order valence-electron chi connectivity index (χ2n) is 6.09. The van der Waals surface area contributed by atoms with Crippen LogP contribution in [0.4, 0.5) is 5.69 Å². The predicted molar refractivity (Wildman–Crippen MR) is 104 cm³/mol. The molecule has 0 bridgehead atoms. The number of methoxy groups -OCH3 is 1. The summed E-state index contributed by atoms with van der Waals surface area (Å²) >= 11 is 0. The van der Waals surface area contributed by atoms with Crippen molar-refractivity contribution >= 4 is 23.7 Å². The number of carbonyl (C=O) groups is 2. The molecule has 0 fully saturated rings. The van der Waals surface area contributed by atoms with Crippen LogP contribution in [0.25, 0.3) is 0 Å². The molecule has 2 aromatic carbocycles. The highest BCUT2D eigenvalue weighted by Crippen LogP contribution is 2.25. The van der Waals surface area contributed by atoms with E-state index in [1.54, 1.807) is 12.1 Å². The number of anilines is 1. The van der Waals surface area contributed by atoms with E-state index in [2.05, 4.69) is 15.8 Å². The number of aryl methyl sites for hydroxylation is 2. The third kappa shape index (κ3) is 6.14. The van der Waals surface area contributed by atoms with E-state index in [0.29, 0.717) is 11.3 Å². The largest absolute Gasteiger partial charge is 0.504 e. The lowest BCUT2D eigenvalue weighted by Crippen LogP contribution is -2.20. The van der Waals surface area contributed by atoms with Gasteiger partial charge in [-0.25, -0.2) is 5.43 Å². The van der Waals surface area contributed by atoms with E-state index < -0.39 is 0 Å². The summed E-state index contributed by atoms with van der Waals surface area (Å²) in [4.78, 5) is 23.8. The number of amides is 2. The Bertz CT molecular complexity index is 862. The van der Waals surface area contributed by atoms with Crippen LogP contribution < -0.4 is 15.5 Å². The number of ether oxygens (including phenoxy) is 1. The maximum atomic E-state index is 12.0. The van der Waals surface area contributed by atoms with Crippen molar-refractivity contribution < 1.29 is 19.4 Å². The number of carbonyl (C=O) groups excluding carboxylic acids is 2. The number of nitrogens with one attached hydrogen (secondary N) is 2. The molecule has 0 aliphatic rings. The van der Waals surface area contributed by atoms with Gasteiger partial charge in [-0.3, -0.25) is 9.59 Å². The normalized spacial score (nSPS) is 10.6. The minimum Gasteiger partial charge on any atom is -0.504 e. The standard InChI is InChI=1S/C20H23N3O4/c1-13-4-5-14(2)16(10-13)22-19(25)8-9-20(26)23-21-12-15-6-7-18(27-3)17(24)11-15/h4-7,10-12,24H,8-9H2,1-3H3,(H,22,25)(H,23,26)/b21-12+. The topological polar surface area (TPSA) is 100 Å². The van der Waals surface area contributed by atoms with Crippen molar-refractivity contribution in [2.75, 3.05) is 12.4 Å². The molecular weight excluding hydrogens is 346 g/mol. The zero-order valence-electron chi connectivity index (χ0n) is 15.6. The third-order valence-corrected chi connectivity index (χ3v) is 3.85. The molecular formula is C20H23N3O4. The van der Waals surface area contributed by atoms with Crippen LogP contribution >= 0.6 is 0 Å². The number of phenols is 1. The maximum absolute atomic E-state index is 12.0. The first-order valence-corrected chi connectivity index (χ1v) is 8.45. The molecule has 7 heteroatoms. The predicted octanol–water partition coefficient (Wildman–Crippen LogP) is 2.89. The highest BCUT2D eigenvalue weighted by atomic mass is 16.5. The Morgan fingerprint density at radius 3 is 2.56 bits per heavy atom. The summed E-state index contributed by atoms with van der Waals surface area (Å²) in [5, 5.41) is 16.3. The maximum Gasteiger partial charge on any atom is 0.240 e. The number of hydrogen-bond donors (Lipinski definition) is 3. The van der Waals surface area contributed by atoms with Gasteiger partial charge in [0.2, 0.25) is 11.8 Å². The molecule has 0 unspecified atom stereocenters. The molecule has 0 aliphatic heterocycles. The summed E-state index contributed by atoms with van der Waals surface area (Å²) < 4.78 is 4.95. The van der Waals surface area contributed by atoms with Crippen molar-refractivity contribution in [2.24, 2.45) is 5.10 Å². The van der Waals surface area contributed by atoms with Gasteiger partial charge in [0.25, 0.3) is 0 Å². The summed E-state index contributed by atoms with van der Waals surface area (Å²) in [7, 11) is 1.46. The molecule has 7 nitrogen and oxygen atoms in total. The Balaban J connectivity index is 1.79. The fraction of sp³-hybridized carbons (Fsp3) is 0.250. The van der Waals surface area contributed by atoms with Gasteiger partial charge < -0.3 is 15.2 Å². The van der Waals surface area contributed by atoms with Crippen molar-refractivity contribution in [3.63, 3.8) is 0 Å². The summed E-state index contributed by atoms with van der Waals surface area (Å²) in [6, 6.07) is 10.5. The first kappa shape index (κ1) is 20.0. The van der Waals surface area contributed by atoms with Crippen molar-refractivity contribution in [2.45, 2.75) is 26.7 Å². The molecule has 0 aromatic heterocycles. The number of rotatable bonds is 7. The van der Waals surface area contributed by atoms with Crippen molar-refractivity contribution in [3.8, 4) is 11.5 Å². The van der Waals surface area contributed by atoms with Crippen molar-refractivity contribution in [1.82, 2.24) is 5.43 Å². The van der Waals surface area contributed by atoms with Crippen LogP contribution in [-0.4, -0.2) is 30.2 Å². The van der Waals surface area contributed by atoms with Crippen LogP contribution in [0.5, 0.6) is 11.5 Å². The molecule has 0 aliphatic carbocycles. The van der Waals surface area contributed by atoms with Gasteiger partial charge in [-0.2, -0.15) is 5.10 Å². The van der Waals surface area contributed by atoms with Gasteiger partial charge in [0.15, 0.2) is 11.5 Å². The molecule has 0 heterocycles. The first-order valence-electron chi connectivity index (χ1n) is 8.45. The second kappa shape index (κ2) is 9.38. The van der Waals surface area contributed by atoms with Gasteiger partial charge in [0.05, 0.1) is 13.3 Å². The monoisotopic (exact) mass is 369 g/mol. The molecule has 2 amide bonds. The fourth-order valence-corrected chi connectivity index (χ4v) is 2.33. The molecule has 0 saturated heterocycles. The molecule has 142 valence electrons. The number of benzene rings is 2. The SMILES string of the molecule is COc1ccc(/C=N/NC(=O)CCC(=O)Nc2cc(C)ccc2C)cc1O. The summed E-state index contributed by atoms with van der Waals surface area (Å²) in [5.41, 5.74) is 5.72. The van der Waals surface area contributed by atoms with E-state index in [1.807, 2.05) is 32.0 Å². The van der Waals surface area contributed by atoms with Crippen molar-refractivity contribution in [1.29, 1.82) is 0 Å². The smallest absolute Gasteiger partial charge is 0.240 e. The average molecular weight is 369 g/mol. The lowest BCUT2D eigenvalue weighted by molar-refractivity contribution is -0.124. The van der Waals surface area contributed by atoms with Crippen LogP contribution in [0.15, 0.2) is 41.5 Å². The van der Waals surface area contributed by atoms with E-state index in [0.717, 1.165) is 16.8 Å². The molecule has 2 rings (SSSR count). The number of nitrogens with zero attached hydrogens (tertiary/aromatic N) is 1. The molecule has 3 N–H and O–H groups in total. The van der Waals surface area contributed by atoms with E-state index in [9.17, 15) is 14.7 Å². The quantitative estimate of drug-likeness (QED) is 0.516. The number of hydrazone groups is 1. The molecule has 0 spiro atoms. The summed E-state index contributed by atoms with van der Waals surface area (Å²) in [6.07, 6.45) is 1.47. The Kier molecular flexibility index (Phi) is 6.93. The van der Waals surface area contributed by atoms with Crippen LogP contribution in [0, 0.1) is 13.8 Å². The highest BCUT2D eigenvalue weighted by molar-refractivity contribution is 5.94. The van der Waals surface area contributed by atoms with Gasteiger partial charge in [0, 0.05) is 18.5 Å². The van der Waals surface area contributed by atoms with E-state index in [4.69, 9.17) is 4.74 Å². The lowest BCUT2D eigenvalue weighted by Gasteiger charge is -2.09. The summed E-state index contributed by atoms with van der Waals surface area (Å²) in [5.74, 6) is -0.273. The summed E-state index contributed by atoms with van der Waals surface area (Å²) in [6.45, 7) is 3.86. The van der Waals surface area contributed by atoms with Crippen LogP contribution in [0.2, 0.25) is 0 Å². The van der Waals surface area contributed by atoms with Gasteiger partial charge in [0.1, 0.15) is 0 Å². The van der Waals surface area contributed by atoms with Gasteiger partial charge >= 0.3 is 0 Å². The Morgan fingerprint density at radius 1 is 1.11 bits per heavy atom. The van der Waals surface area contributed by atoms with Crippen LogP contribution in [0.1, 0.15) is 29.5 Å². The van der Waals surface area contributed by atoms with E-state index in [-0.39, 0.29) is 30.4 Å². The number of aromatic hydroxyl groups is 1. The highest BCUT2D eigenvalue weighted by Gasteiger charge is 2.08. The van der Waals surface area contributed by atoms with E-state index in [1.165, 1.54) is 19.4 Å². The fourth-order valence-electron chi connectivity index (χ4n) is 2.33. The third-order valence-electron chi connectivity index (χ3n) is 3.85. The van der Waals surface area contributed by atoms with Gasteiger partial charge in [-0.15, -0.1) is 0 Å². The number of hydrogen-bond acceptors (Lipinski definition) is 5. The molecule has 0 saturated carbocycles. The van der Waals surface area contributed by atoms with E-state index >= 15 is 0 Å². The molecule has 0 atom stereocenters. The zero-order chi connectivity index (χ0) is 19.8. The molecule has 27 heavy (non-hydrogen) atoms. The lowest BCUT2D eigenvalue weighted by atomic mass is 10.1. The van der Waals surface area contributed by atoms with Gasteiger partial charge in [-0.05, 0) is 54.8 Å². The average Bonchev–Trinajstić information content (AvgIpc) is 2.63. The number of phenolic OH excluding ortho intramolecular Hbond substituents is 1. The zero-order valence-corrected chi connectivity index (χ0v) is 15.6. The molecule has 2 aromatic rings. The minimum absolute atomic E-state index is 0.0158. The Hall–Kier alpha value is -3.35. The van der Waals surface area contributed by atoms with Gasteiger partial charge in [-0.1, -0.05) is 12.1 Å². The van der Waals surface area contributed by atoms with Crippen molar-refractivity contribution in [3.05, 3.63) is 53.1 Å². The molecule has 0 radical (unpaired) electrons. The van der Waals surface area contributed by atoms with Crippen LogP contribution in [-0.2, 0) is 9.59 Å². The Morgan fingerprint density at radius 2 is 1.85 bits per heavy atom. The first-order chi connectivity index (χ1) is 12.9.